The largest absolute Gasteiger partial charge is 0.376 e. The van der Waals surface area contributed by atoms with Crippen LogP contribution in [0.1, 0.15) is 88.5 Å². The molecule has 0 radical (unpaired) electrons. The molecule has 1 nitrogen and oxygen atoms in total. The number of hydrogen-bond donors (Lipinski definition) is 1. The maximum absolute atomic E-state index is 12.6. The van der Waals surface area contributed by atoms with Crippen LogP contribution in [0.25, 0.3) is 11.1 Å². The summed E-state index contributed by atoms with van der Waals surface area (Å²) in [5.41, 5.74) is 8.29. The summed E-state index contributed by atoms with van der Waals surface area (Å²) in [7, 11) is 0. The minimum Gasteiger partial charge on any atom is -0.376 e. The lowest BCUT2D eigenvalue weighted by Crippen LogP contribution is -2.30. The molecule has 1 unspecified atom stereocenters. The topological polar surface area (TPSA) is 20.2 Å². The Kier molecular flexibility index (Phi) is 7.73. The average molecular weight is 572 g/mol. The maximum atomic E-state index is 12.6. The van der Waals surface area contributed by atoms with Crippen molar-refractivity contribution in [2.75, 3.05) is 0 Å². The van der Waals surface area contributed by atoms with Gasteiger partial charge in [-0.3, -0.25) is 0 Å². The fourth-order valence-corrected chi connectivity index (χ4v) is 6.93. The second-order valence-electron chi connectivity index (χ2n) is 9.79. The van der Waals surface area contributed by atoms with Gasteiger partial charge in [-0.2, -0.15) is 0 Å². The van der Waals surface area contributed by atoms with E-state index in [0.717, 1.165) is 44.9 Å². The molecule has 1 atom stereocenters. The van der Waals surface area contributed by atoms with Gasteiger partial charge in [-0.25, -0.2) is 0 Å². The van der Waals surface area contributed by atoms with E-state index >= 15 is 0 Å². The lowest BCUT2D eigenvalue weighted by atomic mass is 9.75. The Morgan fingerprint density at radius 2 is 1.45 bits per heavy atom. The van der Waals surface area contributed by atoms with Crippen LogP contribution in [0.4, 0.5) is 0 Å². The molecule has 2 aromatic carbocycles. The first-order chi connectivity index (χ1) is 15.8. The summed E-state index contributed by atoms with van der Waals surface area (Å²) in [6, 6.07) is 8.94. The first-order valence-corrected chi connectivity index (χ1v) is 14.2. The number of fused-ring (bicyclic) bond motifs is 3. The van der Waals surface area contributed by atoms with Gasteiger partial charge in [0.25, 0.3) is 0 Å². The highest BCUT2D eigenvalue weighted by Gasteiger charge is 2.46. The first kappa shape index (κ1) is 24.9. The third-order valence-corrected chi connectivity index (χ3v) is 8.96. The Morgan fingerprint density at radius 3 is 1.97 bits per heavy atom. The number of aliphatic hydroxyl groups is 1. The van der Waals surface area contributed by atoms with E-state index in [2.05, 4.69) is 96.0 Å². The standard InChI is InChI=1S/C30H36Br2O/c1-5-8-9-10-11-20-12-19(4)13-23(14-20)30(33)26-17-28(31)21(6-2)15-24(26)25-16-22(7-3)29(32)18-27(25)30/h12-13,15-18,20,33H,5-11,14H2,1-4H3. The van der Waals surface area contributed by atoms with Gasteiger partial charge in [-0.1, -0.05) is 96.0 Å². The summed E-state index contributed by atoms with van der Waals surface area (Å²) in [5.74, 6) is 0.495. The number of allylic oxidation sites excluding steroid dienone is 3. The molecule has 0 fully saturated rings. The van der Waals surface area contributed by atoms with Crippen LogP contribution in [0, 0.1) is 5.92 Å². The molecule has 0 spiro atoms. The van der Waals surface area contributed by atoms with Crippen LogP contribution >= 0.6 is 31.9 Å². The Bertz CT molecular complexity index is 1050. The second kappa shape index (κ2) is 10.2. The molecule has 2 aromatic rings. The van der Waals surface area contributed by atoms with Gasteiger partial charge in [0.2, 0.25) is 0 Å². The van der Waals surface area contributed by atoms with Crippen molar-refractivity contribution in [1.29, 1.82) is 0 Å². The molecule has 2 aliphatic carbocycles. The number of hydrogen-bond acceptors (Lipinski definition) is 1. The maximum Gasteiger partial charge on any atom is 0.138 e. The van der Waals surface area contributed by atoms with Gasteiger partial charge in [0.15, 0.2) is 0 Å². The summed E-state index contributed by atoms with van der Waals surface area (Å²) in [6.45, 7) is 8.83. The molecule has 1 N–H and O–H groups in total. The number of benzene rings is 2. The van der Waals surface area contributed by atoms with Gasteiger partial charge in [-0.15, -0.1) is 0 Å². The highest BCUT2D eigenvalue weighted by molar-refractivity contribution is 9.10. The van der Waals surface area contributed by atoms with E-state index in [1.165, 1.54) is 59.9 Å². The van der Waals surface area contributed by atoms with Crippen molar-refractivity contribution in [3.8, 4) is 11.1 Å². The number of unbranched alkanes of at least 4 members (excludes halogenated alkanes) is 3. The lowest BCUT2D eigenvalue weighted by molar-refractivity contribution is 0.118. The lowest BCUT2D eigenvalue weighted by Gasteiger charge is -2.34. The van der Waals surface area contributed by atoms with Crippen molar-refractivity contribution in [3.63, 3.8) is 0 Å². The normalized spacial score (nSPS) is 18.6. The Balaban J connectivity index is 1.82. The molecule has 0 bridgehead atoms. The molecule has 0 amide bonds. The van der Waals surface area contributed by atoms with Gasteiger partial charge in [0, 0.05) is 20.1 Å². The zero-order valence-corrected chi connectivity index (χ0v) is 23.6. The van der Waals surface area contributed by atoms with Crippen LogP contribution in [-0.4, -0.2) is 5.11 Å². The zero-order chi connectivity index (χ0) is 23.8. The number of aryl methyl sites for hydroxylation is 2. The molecule has 4 rings (SSSR count). The van der Waals surface area contributed by atoms with E-state index < -0.39 is 5.60 Å². The molecule has 0 saturated carbocycles. The quantitative estimate of drug-likeness (QED) is 0.313. The van der Waals surface area contributed by atoms with Crippen LogP contribution in [0.5, 0.6) is 0 Å². The van der Waals surface area contributed by atoms with Crippen molar-refractivity contribution < 1.29 is 5.11 Å². The molecule has 176 valence electrons. The summed E-state index contributed by atoms with van der Waals surface area (Å²) in [4.78, 5) is 0. The van der Waals surface area contributed by atoms with Gasteiger partial charge in [0.1, 0.15) is 5.60 Å². The molecule has 0 saturated heterocycles. The fourth-order valence-electron chi connectivity index (χ4n) is 5.68. The molecular formula is C30H36Br2O. The van der Waals surface area contributed by atoms with E-state index in [0.29, 0.717) is 5.92 Å². The highest BCUT2D eigenvalue weighted by Crippen LogP contribution is 2.55. The van der Waals surface area contributed by atoms with Crippen molar-refractivity contribution in [2.24, 2.45) is 5.92 Å². The third kappa shape index (κ3) is 4.58. The monoisotopic (exact) mass is 570 g/mol. The van der Waals surface area contributed by atoms with E-state index in [4.69, 9.17) is 0 Å². The molecule has 0 aromatic heterocycles. The SMILES string of the molecule is CCCCCCC1C=C(C)C=C(C2(O)c3cc(Br)c(CC)cc3-c3cc(CC)c(Br)cc32)C1. The number of halogens is 2. The molecular weight excluding hydrogens is 536 g/mol. The van der Waals surface area contributed by atoms with E-state index in [9.17, 15) is 5.11 Å². The van der Waals surface area contributed by atoms with Crippen molar-refractivity contribution >= 4 is 31.9 Å². The van der Waals surface area contributed by atoms with Crippen LogP contribution in [0.2, 0.25) is 0 Å². The molecule has 3 heteroatoms. The van der Waals surface area contributed by atoms with Gasteiger partial charge in [-0.05, 0) is 90.6 Å². The minimum atomic E-state index is -1.09. The van der Waals surface area contributed by atoms with Gasteiger partial charge >= 0.3 is 0 Å². The molecule has 0 heterocycles. The van der Waals surface area contributed by atoms with E-state index in [1.54, 1.807) is 0 Å². The van der Waals surface area contributed by atoms with Crippen LogP contribution in [-0.2, 0) is 18.4 Å². The predicted molar refractivity (Wildman–Crippen MR) is 148 cm³/mol. The first-order valence-electron chi connectivity index (χ1n) is 12.6. The fraction of sp³-hybridized carbons (Fsp3) is 0.467. The zero-order valence-electron chi connectivity index (χ0n) is 20.4. The van der Waals surface area contributed by atoms with Gasteiger partial charge < -0.3 is 5.11 Å². The summed E-state index contributed by atoms with van der Waals surface area (Å²) in [6.07, 6.45) is 13.8. The Hall–Kier alpha value is -1.16. The predicted octanol–water partition coefficient (Wildman–Crippen LogP) is 9.42. The third-order valence-electron chi connectivity index (χ3n) is 7.48. The molecule has 33 heavy (non-hydrogen) atoms. The van der Waals surface area contributed by atoms with E-state index in [-0.39, 0.29) is 0 Å². The van der Waals surface area contributed by atoms with E-state index in [1.807, 2.05) is 0 Å². The second-order valence-corrected chi connectivity index (χ2v) is 11.5. The van der Waals surface area contributed by atoms with Crippen LogP contribution in [0.3, 0.4) is 0 Å². The Morgan fingerprint density at radius 1 is 0.879 bits per heavy atom. The smallest absolute Gasteiger partial charge is 0.138 e. The highest BCUT2D eigenvalue weighted by atomic mass is 79.9. The van der Waals surface area contributed by atoms with Crippen LogP contribution in [0.15, 0.2) is 56.5 Å². The van der Waals surface area contributed by atoms with Crippen LogP contribution < -0.4 is 0 Å². The van der Waals surface area contributed by atoms with Gasteiger partial charge in [0.05, 0.1) is 0 Å². The summed E-state index contributed by atoms with van der Waals surface area (Å²) < 4.78 is 2.18. The van der Waals surface area contributed by atoms with Crippen molar-refractivity contribution in [3.05, 3.63) is 78.8 Å². The minimum absolute atomic E-state index is 0.495. The number of rotatable bonds is 8. The molecule has 2 aliphatic rings. The summed E-state index contributed by atoms with van der Waals surface area (Å²) >= 11 is 7.59. The average Bonchev–Trinajstić information content (AvgIpc) is 3.03. The summed E-state index contributed by atoms with van der Waals surface area (Å²) in [5, 5.41) is 12.6. The Labute approximate surface area is 216 Å². The molecule has 0 aliphatic heterocycles. The van der Waals surface area contributed by atoms with Crippen molar-refractivity contribution in [1.82, 2.24) is 0 Å². The van der Waals surface area contributed by atoms with Crippen molar-refractivity contribution in [2.45, 2.75) is 84.7 Å².